The SMILES string of the molecule is CCSCC(C)Nc1ncccc1C. The molecule has 1 unspecified atom stereocenters. The Hall–Kier alpha value is -0.700. The average Bonchev–Trinajstić information content (AvgIpc) is 2.18. The van der Waals surface area contributed by atoms with Crippen molar-refractivity contribution >= 4 is 17.6 Å². The maximum Gasteiger partial charge on any atom is 0.129 e. The van der Waals surface area contributed by atoms with Crippen molar-refractivity contribution in [1.29, 1.82) is 0 Å². The minimum Gasteiger partial charge on any atom is -0.367 e. The highest BCUT2D eigenvalue weighted by Crippen LogP contribution is 2.12. The number of aryl methyl sites for hydroxylation is 1. The van der Waals surface area contributed by atoms with Gasteiger partial charge in [-0.1, -0.05) is 13.0 Å². The lowest BCUT2D eigenvalue weighted by Crippen LogP contribution is -2.19. The van der Waals surface area contributed by atoms with Crippen molar-refractivity contribution in [2.75, 3.05) is 16.8 Å². The largest absolute Gasteiger partial charge is 0.367 e. The van der Waals surface area contributed by atoms with Gasteiger partial charge in [0.25, 0.3) is 0 Å². The predicted octanol–water partition coefficient (Wildman–Crippen LogP) is 2.94. The van der Waals surface area contributed by atoms with E-state index in [1.807, 2.05) is 24.0 Å². The Morgan fingerprint density at radius 3 is 3.00 bits per heavy atom. The normalized spacial score (nSPS) is 12.5. The fourth-order valence-electron chi connectivity index (χ4n) is 1.21. The van der Waals surface area contributed by atoms with Crippen LogP contribution in [0.25, 0.3) is 0 Å². The van der Waals surface area contributed by atoms with Crippen molar-refractivity contribution in [3.8, 4) is 0 Å². The van der Waals surface area contributed by atoms with E-state index in [0.717, 1.165) is 11.6 Å². The minimum absolute atomic E-state index is 0.480. The van der Waals surface area contributed by atoms with E-state index in [1.54, 1.807) is 0 Å². The number of hydrogen-bond acceptors (Lipinski definition) is 3. The van der Waals surface area contributed by atoms with E-state index in [1.165, 1.54) is 11.3 Å². The van der Waals surface area contributed by atoms with Crippen LogP contribution in [0.5, 0.6) is 0 Å². The van der Waals surface area contributed by atoms with Crippen molar-refractivity contribution < 1.29 is 0 Å². The van der Waals surface area contributed by atoms with Crippen LogP contribution >= 0.6 is 11.8 Å². The Balaban J connectivity index is 2.47. The Labute approximate surface area is 90.5 Å². The third-order valence-corrected chi connectivity index (χ3v) is 3.11. The molecule has 0 aromatic carbocycles. The van der Waals surface area contributed by atoms with Gasteiger partial charge >= 0.3 is 0 Å². The fourth-order valence-corrected chi connectivity index (χ4v) is 1.88. The molecule has 0 saturated carbocycles. The Morgan fingerprint density at radius 1 is 1.57 bits per heavy atom. The highest BCUT2D eigenvalue weighted by molar-refractivity contribution is 7.99. The summed E-state index contributed by atoms with van der Waals surface area (Å²) >= 11 is 1.95. The second-order valence-corrected chi connectivity index (χ2v) is 4.69. The van der Waals surface area contributed by atoms with Crippen LogP contribution in [0.3, 0.4) is 0 Å². The molecule has 0 fully saturated rings. The molecule has 78 valence electrons. The lowest BCUT2D eigenvalue weighted by molar-refractivity contribution is 0.898. The molecule has 14 heavy (non-hydrogen) atoms. The van der Waals surface area contributed by atoms with Gasteiger partial charge in [0.1, 0.15) is 5.82 Å². The van der Waals surface area contributed by atoms with Gasteiger partial charge < -0.3 is 5.32 Å². The van der Waals surface area contributed by atoms with E-state index in [2.05, 4.69) is 37.1 Å². The van der Waals surface area contributed by atoms with Crippen LogP contribution in [0.2, 0.25) is 0 Å². The lowest BCUT2D eigenvalue weighted by atomic mass is 10.2. The fraction of sp³-hybridized carbons (Fsp3) is 0.545. The summed E-state index contributed by atoms with van der Waals surface area (Å²) in [6, 6.07) is 4.52. The van der Waals surface area contributed by atoms with Crippen LogP contribution in [-0.2, 0) is 0 Å². The van der Waals surface area contributed by atoms with E-state index < -0.39 is 0 Å². The Bertz CT molecular complexity index is 276. The smallest absolute Gasteiger partial charge is 0.129 e. The molecule has 0 radical (unpaired) electrons. The molecule has 0 aliphatic carbocycles. The molecule has 0 bridgehead atoms. The van der Waals surface area contributed by atoms with Crippen LogP contribution in [0.15, 0.2) is 18.3 Å². The van der Waals surface area contributed by atoms with E-state index in [-0.39, 0.29) is 0 Å². The quantitative estimate of drug-likeness (QED) is 0.809. The standard InChI is InChI=1S/C11H18N2S/c1-4-14-8-10(3)13-11-9(2)6-5-7-12-11/h5-7,10H,4,8H2,1-3H3,(H,12,13). The van der Waals surface area contributed by atoms with E-state index in [9.17, 15) is 0 Å². The minimum atomic E-state index is 0.480. The Morgan fingerprint density at radius 2 is 2.36 bits per heavy atom. The van der Waals surface area contributed by atoms with Crippen molar-refractivity contribution in [2.45, 2.75) is 26.8 Å². The number of aromatic nitrogens is 1. The molecule has 0 aliphatic heterocycles. The van der Waals surface area contributed by atoms with Gasteiger partial charge in [0.15, 0.2) is 0 Å². The number of rotatable bonds is 5. The summed E-state index contributed by atoms with van der Waals surface area (Å²) in [4.78, 5) is 4.31. The Kier molecular flexibility index (Phi) is 4.80. The second-order valence-electron chi connectivity index (χ2n) is 3.37. The van der Waals surface area contributed by atoms with Gasteiger partial charge in [-0.15, -0.1) is 0 Å². The summed E-state index contributed by atoms with van der Waals surface area (Å²) in [6.45, 7) is 6.45. The highest BCUT2D eigenvalue weighted by atomic mass is 32.2. The van der Waals surface area contributed by atoms with Gasteiger partial charge in [-0.3, -0.25) is 0 Å². The van der Waals surface area contributed by atoms with Gasteiger partial charge in [-0.05, 0) is 31.2 Å². The van der Waals surface area contributed by atoms with Crippen molar-refractivity contribution in [2.24, 2.45) is 0 Å². The first kappa shape index (κ1) is 11.4. The zero-order valence-electron chi connectivity index (χ0n) is 9.08. The van der Waals surface area contributed by atoms with Gasteiger partial charge in [-0.2, -0.15) is 11.8 Å². The van der Waals surface area contributed by atoms with Crippen molar-refractivity contribution in [3.05, 3.63) is 23.9 Å². The predicted molar refractivity (Wildman–Crippen MR) is 65.1 cm³/mol. The third-order valence-electron chi connectivity index (χ3n) is 1.96. The maximum atomic E-state index is 4.31. The monoisotopic (exact) mass is 210 g/mol. The third kappa shape index (κ3) is 3.58. The molecule has 1 aromatic rings. The lowest BCUT2D eigenvalue weighted by Gasteiger charge is -2.14. The molecule has 1 aromatic heterocycles. The summed E-state index contributed by atoms with van der Waals surface area (Å²) in [5.74, 6) is 3.32. The molecular formula is C11H18N2S. The molecule has 0 spiro atoms. The first-order valence-corrected chi connectivity index (χ1v) is 6.15. The van der Waals surface area contributed by atoms with Crippen LogP contribution in [0.4, 0.5) is 5.82 Å². The zero-order chi connectivity index (χ0) is 10.4. The molecule has 1 heterocycles. The number of anilines is 1. The van der Waals surface area contributed by atoms with Gasteiger partial charge in [0, 0.05) is 18.0 Å². The van der Waals surface area contributed by atoms with E-state index in [0.29, 0.717) is 6.04 Å². The summed E-state index contributed by atoms with van der Waals surface area (Å²) in [5, 5.41) is 3.41. The molecular weight excluding hydrogens is 192 g/mol. The van der Waals surface area contributed by atoms with Gasteiger partial charge in [-0.25, -0.2) is 4.98 Å². The zero-order valence-corrected chi connectivity index (χ0v) is 9.90. The maximum absolute atomic E-state index is 4.31. The van der Waals surface area contributed by atoms with E-state index in [4.69, 9.17) is 0 Å². The average molecular weight is 210 g/mol. The van der Waals surface area contributed by atoms with E-state index >= 15 is 0 Å². The van der Waals surface area contributed by atoms with Gasteiger partial charge in [0.05, 0.1) is 0 Å². The molecule has 0 saturated heterocycles. The molecule has 0 amide bonds. The van der Waals surface area contributed by atoms with Crippen molar-refractivity contribution in [1.82, 2.24) is 4.98 Å². The first-order valence-electron chi connectivity index (χ1n) is 5.00. The number of thioether (sulfide) groups is 1. The molecule has 0 aliphatic rings. The number of hydrogen-bond donors (Lipinski definition) is 1. The highest BCUT2D eigenvalue weighted by Gasteiger charge is 2.03. The topological polar surface area (TPSA) is 24.9 Å². The molecule has 1 N–H and O–H groups in total. The second kappa shape index (κ2) is 5.91. The van der Waals surface area contributed by atoms with Gasteiger partial charge in [0.2, 0.25) is 0 Å². The van der Waals surface area contributed by atoms with Crippen molar-refractivity contribution in [3.63, 3.8) is 0 Å². The van der Waals surface area contributed by atoms with Crippen LogP contribution in [0.1, 0.15) is 19.4 Å². The number of nitrogens with zero attached hydrogens (tertiary/aromatic N) is 1. The molecule has 2 nitrogen and oxygen atoms in total. The summed E-state index contributed by atoms with van der Waals surface area (Å²) in [5.41, 5.74) is 1.21. The number of nitrogens with one attached hydrogen (secondary N) is 1. The van der Waals surface area contributed by atoms with Crippen LogP contribution in [0, 0.1) is 6.92 Å². The molecule has 3 heteroatoms. The summed E-state index contributed by atoms with van der Waals surface area (Å²) in [6.07, 6.45) is 1.83. The van der Waals surface area contributed by atoms with Crippen LogP contribution < -0.4 is 5.32 Å². The number of pyridine rings is 1. The summed E-state index contributed by atoms with van der Waals surface area (Å²) in [7, 11) is 0. The van der Waals surface area contributed by atoms with Crippen LogP contribution in [-0.4, -0.2) is 22.5 Å². The molecule has 1 atom stereocenters. The summed E-state index contributed by atoms with van der Waals surface area (Å²) < 4.78 is 0. The molecule has 1 rings (SSSR count). The first-order chi connectivity index (χ1) is 6.74.